The molecule has 0 aromatic carbocycles. The lowest BCUT2D eigenvalue weighted by Gasteiger charge is -2.10. The van der Waals surface area contributed by atoms with Crippen LogP contribution < -0.4 is 10.6 Å². The molecule has 0 bridgehead atoms. The first kappa shape index (κ1) is 15.0. The molecule has 2 atom stereocenters. The molecule has 5 nitrogen and oxygen atoms in total. The van der Waals surface area contributed by atoms with Crippen LogP contribution in [-0.2, 0) is 0 Å². The summed E-state index contributed by atoms with van der Waals surface area (Å²) in [6, 6.07) is 4.97. The first-order valence-corrected chi connectivity index (χ1v) is 7.81. The fourth-order valence-electron chi connectivity index (χ4n) is 1.86. The molecule has 0 fully saturated rings. The molecule has 2 aromatic heterocycles. The monoisotopic (exact) mass is 294 g/mol. The van der Waals surface area contributed by atoms with Crippen LogP contribution in [0.1, 0.15) is 54.9 Å². The van der Waals surface area contributed by atoms with E-state index >= 15 is 0 Å². The molecule has 2 heterocycles. The van der Waals surface area contributed by atoms with Crippen LogP contribution in [0, 0.1) is 6.92 Å². The van der Waals surface area contributed by atoms with Crippen molar-refractivity contribution in [1.82, 2.24) is 15.5 Å². The number of nitrogens with one attached hydrogen (secondary N) is 2. The van der Waals surface area contributed by atoms with E-state index in [4.69, 9.17) is 4.42 Å². The van der Waals surface area contributed by atoms with Crippen LogP contribution in [0.2, 0.25) is 0 Å². The zero-order valence-corrected chi connectivity index (χ0v) is 13.3. The van der Waals surface area contributed by atoms with Crippen LogP contribution in [0.25, 0.3) is 0 Å². The third-order valence-electron chi connectivity index (χ3n) is 3.04. The van der Waals surface area contributed by atoms with E-state index in [0.717, 1.165) is 13.0 Å². The minimum Gasteiger partial charge on any atom is -0.406 e. The van der Waals surface area contributed by atoms with E-state index in [2.05, 4.69) is 53.7 Å². The van der Waals surface area contributed by atoms with Crippen molar-refractivity contribution in [2.75, 3.05) is 11.9 Å². The molecule has 0 aliphatic heterocycles. The van der Waals surface area contributed by atoms with E-state index in [0.29, 0.717) is 11.9 Å². The summed E-state index contributed by atoms with van der Waals surface area (Å²) in [7, 11) is 0. The van der Waals surface area contributed by atoms with Crippen molar-refractivity contribution in [3.63, 3.8) is 0 Å². The number of rotatable bonds is 7. The van der Waals surface area contributed by atoms with Crippen LogP contribution in [0.4, 0.5) is 6.01 Å². The van der Waals surface area contributed by atoms with Gasteiger partial charge in [-0.3, -0.25) is 0 Å². The second-order valence-electron chi connectivity index (χ2n) is 4.94. The van der Waals surface area contributed by atoms with Crippen LogP contribution in [0.5, 0.6) is 0 Å². The lowest BCUT2D eigenvalue weighted by Crippen LogP contribution is -2.19. The third-order valence-corrected chi connectivity index (χ3v) is 4.22. The number of anilines is 1. The van der Waals surface area contributed by atoms with Gasteiger partial charge in [0.25, 0.3) is 0 Å². The highest BCUT2D eigenvalue weighted by molar-refractivity contribution is 7.12. The third kappa shape index (κ3) is 3.80. The predicted octanol–water partition coefficient (Wildman–Crippen LogP) is 3.67. The normalized spacial score (nSPS) is 14.2. The van der Waals surface area contributed by atoms with Crippen LogP contribution >= 0.6 is 11.3 Å². The van der Waals surface area contributed by atoms with Crippen LogP contribution in [-0.4, -0.2) is 16.7 Å². The van der Waals surface area contributed by atoms with Crippen LogP contribution in [0.15, 0.2) is 16.5 Å². The Morgan fingerprint density at radius 3 is 2.70 bits per heavy atom. The summed E-state index contributed by atoms with van der Waals surface area (Å²) >= 11 is 1.77. The molecular weight excluding hydrogens is 272 g/mol. The molecule has 0 amide bonds. The molecule has 2 N–H and O–H groups in total. The zero-order chi connectivity index (χ0) is 14.5. The Kier molecular flexibility index (Phi) is 5.14. The first-order chi connectivity index (χ1) is 9.60. The average Bonchev–Trinajstić information content (AvgIpc) is 3.05. The Hall–Kier alpha value is -1.40. The molecule has 0 radical (unpaired) electrons. The van der Waals surface area contributed by atoms with Crippen molar-refractivity contribution >= 4 is 17.4 Å². The standard InChI is InChI=1S/C14H22N4OS/c1-5-8-15-11(4)13-17-18-14(19-13)16-10(3)12-7-6-9(2)20-12/h6-7,10-11,15H,5,8H2,1-4H3,(H,16,18). The Morgan fingerprint density at radius 1 is 1.25 bits per heavy atom. The molecular formula is C14H22N4OS. The van der Waals surface area contributed by atoms with Crippen molar-refractivity contribution in [3.05, 3.63) is 27.8 Å². The van der Waals surface area contributed by atoms with Gasteiger partial charge in [0.2, 0.25) is 5.89 Å². The number of hydrogen-bond donors (Lipinski definition) is 2. The molecule has 0 aliphatic carbocycles. The van der Waals surface area contributed by atoms with Gasteiger partial charge in [-0.1, -0.05) is 12.0 Å². The number of aryl methyl sites for hydroxylation is 1. The fraction of sp³-hybridized carbons (Fsp3) is 0.571. The second kappa shape index (κ2) is 6.85. The Balaban J connectivity index is 1.95. The molecule has 2 aromatic rings. The zero-order valence-electron chi connectivity index (χ0n) is 12.4. The van der Waals surface area contributed by atoms with Gasteiger partial charge in [0, 0.05) is 9.75 Å². The van der Waals surface area contributed by atoms with Gasteiger partial charge in [0.05, 0.1) is 12.1 Å². The van der Waals surface area contributed by atoms with Crippen molar-refractivity contribution < 1.29 is 4.42 Å². The number of nitrogens with zero attached hydrogens (tertiary/aromatic N) is 2. The summed E-state index contributed by atoms with van der Waals surface area (Å²) in [5, 5.41) is 14.7. The SMILES string of the molecule is CCCNC(C)c1nnc(NC(C)c2ccc(C)s2)o1. The summed E-state index contributed by atoms with van der Waals surface area (Å²) in [6.07, 6.45) is 1.08. The molecule has 20 heavy (non-hydrogen) atoms. The maximum absolute atomic E-state index is 5.65. The maximum atomic E-state index is 5.65. The van der Waals surface area contributed by atoms with Gasteiger partial charge < -0.3 is 15.1 Å². The molecule has 6 heteroatoms. The van der Waals surface area contributed by atoms with E-state index in [1.54, 1.807) is 11.3 Å². The molecule has 110 valence electrons. The lowest BCUT2D eigenvalue weighted by atomic mass is 10.3. The average molecular weight is 294 g/mol. The van der Waals surface area contributed by atoms with E-state index in [1.165, 1.54) is 9.75 Å². The second-order valence-corrected chi connectivity index (χ2v) is 6.26. The fourth-order valence-corrected chi connectivity index (χ4v) is 2.74. The lowest BCUT2D eigenvalue weighted by molar-refractivity contribution is 0.421. The number of aromatic nitrogens is 2. The number of thiophene rings is 1. The summed E-state index contributed by atoms with van der Waals surface area (Å²) in [5.74, 6) is 0.621. The first-order valence-electron chi connectivity index (χ1n) is 6.99. The van der Waals surface area contributed by atoms with Crippen molar-refractivity contribution in [2.24, 2.45) is 0 Å². The van der Waals surface area contributed by atoms with Gasteiger partial charge in [-0.05, 0) is 45.9 Å². The molecule has 0 saturated carbocycles. The summed E-state index contributed by atoms with van der Waals surface area (Å²) in [6.45, 7) is 9.29. The number of hydrogen-bond acceptors (Lipinski definition) is 6. The smallest absolute Gasteiger partial charge is 0.316 e. The van der Waals surface area contributed by atoms with E-state index in [9.17, 15) is 0 Å². The van der Waals surface area contributed by atoms with Gasteiger partial charge in [-0.2, -0.15) is 0 Å². The van der Waals surface area contributed by atoms with E-state index in [1.807, 2.05) is 6.92 Å². The summed E-state index contributed by atoms with van der Waals surface area (Å²) in [4.78, 5) is 2.57. The van der Waals surface area contributed by atoms with Gasteiger partial charge in [0.15, 0.2) is 0 Å². The van der Waals surface area contributed by atoms with Crippen molar-refractivity contribution in [1.29, 1.82) is 0 Å². The molecule has 0 aliphatic rings. The minimum absolute atomic E-state index is 0.0808. The maximum Gasteiger partial charge on any atom is 0.316 e. The van der Waals surface area contributed by atoms with Crippen molar-refractivity contribution in [3.8, 4) is 0 Å². The van der Waals surface area contributed by atoms with Gasteiger partial charge in [-0.15, -0.1) is 16.4 Å². The highest BCUT2D eigenvalue weighted by Gasteiger charge is 2.15. The van der Waals surface area contributed by atoms with E-state index < -0.39 is 0 Å². The highest BCUT2D eigenvalue weighted by atomic mass is 32.1. The Bertz CT molecular complexity index is 537. The van der Waals surface area contributed by atoms with Crippen molar-refractivity contribution in [2.45, 2.75) is 46.2 Å². The largest absolute Gasteiger partial charge is 0.406 e. The Morgan fingerprint density at radius 2 is 2.05 bits per heavy atom. The minimum atomic E-state index is 0.0808. The van der Waals surface area contributed by atoms with Gasteiger partial charge >= 0.3 is 6.01 Å². The predicted molar refractivity (Wildman–Crippen MR) is 82.1 cm³/mol. The summed E-state index contributed by atoms with van der Waals surface area (Å²) in [5.41, 5.74) is 0. The topological polar surface area (TPSA) is 63.0 Å². The molecule has 0 saturated heterocycles. The molecule has 2 unspecified atom stereocenters. The summed E-state index contributed by atoms with van der Waals surface area (Å²) < 4.78 is 5.65. The molecule has 2 rings (SSSR count). The Labute approximate surface area is 123 Å². The highest BCUT2D eigenvalue weighted by Crippen LogP contribution is 2.25. The van der Waals surface area contributed by atoms with Crippen LogP contribution in [0.3, 0.4) is 0 Å². The van der Waals surface area contributed by atoms with Gasteiger partial charge in [0.1, 0.15) is 0 Å². The van der Waals surface area contributed by atoms with E-state index in [-0.39, 0.29) is 12.1 Å². The van der Waals surface area contributed by atoms with Gasteiger partial charge in [-0.25, -0.2) is 0 Å². The molecule has 0 spiro atoms. The quantitative estimate of drug-likeness (QED) is 0.815.